The van der Waals surface area contributed by atoms with Crippen LogP contribution in [0.25, 0.3) is 0 Å². The normalized spacial score (nSPS) is 15.0. The van der Waals surface area contributed by atoms with Gasteiger partial charge in [-0.1, -0.05) is 0 Å². The van der Waals surface area contributed by atoms with Gasteiger partial charge in [0.05, 0.1) is 18.0 Å². The molecule has 2 aromatic rings. The number of hydrogen-bond acceptors (Lipinski definition) is 8. The van der Waals surface area contributed by atoms with Crippen LogP contribution in [0.1, 0.15) is 26.0 Å². The zero-order valence-electron chi connectivity index (χ0n) is 15.9. The fourth-order valence-electron chi connectivity index (χ4n) is 2.73. The van der Waals surface area contributed by atoms with Gasteiger partial charge in [0.1, 0.15) is 23.1 Å². The summed E-state index contributed by atoms with van der Waals surface area (Å²) < 4.78 is 25.3. The molecule has 0 aliphatic carbocycles. The summed E-state index contributed by atoms with van der Waals surface area (Å²) in [5.74, 6) is 1.42. The van der Waals surface area contributed by atoms with E-state index < -0.39 is 12.0 Å². The lowest BCUT2D eigenvalue weighted by atomic mass is 10.1. The zero-order chi connectivity index (χ0) is 20.1. The van der Waals surface area contributed by atoms with E-state index in [4.69, 9.17) is 0 Å². The van der Waals surface area contributed by atoms with E-state index in [9.17, 15) is 13.9 Å². The van der Waals surface area contributed by atoms with E-state index >= 15 is 0 Å². The number of hydrogen-bond donors (Lipinski definition) is 4. The van der Waals surface area contributed by atoms with Gasteiger partial charge in [0.15, 0.2) is 0 Å². The predicted octanol–water partition coefficient (Wildman–Crippen LogP) is 2.15. The summed E-state index contributed by atoms with van der Waals surface area (Å²) in [4.78, 5) is 14.4. The molecule has 4 N–H and O–H groups in total. The van der Waals surface area contributed by atoms with Crippen LogP contribution >= 0.6 is 0 Å². The van der Waals surface area contributed by atoms with Crippen molar-refractivity contribution in [3.63, 3.8) is 0 Å². The van der Waals surface area contributed by atoms with Gasteiger partial charge in [0.25, 0.3) is 6.43 Å². The van der Waals surface area contributed by atoms with Crippen LogP contribution in [-0.4, -0.2) is 58.4 Å². The third-order valence-electron chi connectivity index (χ3n) is 4.15. The highest BCUT2D eigenvalue weighted by molar-refractivity contribution is 5.65. The van der Waals surface area contributed by atoms with E-state index in [0.29, 0.717) is 24.0 Å². The van der Waals surface area contributed by atoms with E-state index in [2.05, 4.69) is 35.8 Å². The van der Waals surface area contributed by atoms with Gasteiger partial charge < -0.3 is 26.0 Å². The Bertz CT molecular complexity index is 774. The molecule has 0 spiro atoms. The zero-order valence-corrected chi connectivity index (χ0v) is 15.9. The number of pyridine rings is 1. The topological polar surface area (TPSA) is 98.2 Å². The number of anilines is 4. The maximum atomic E-state index is 12.6. The largest absolute Gasteiger partial charge is 0.389 e. The second-order valence-electron chi connectivity index (χ2n) is 7.25. The Labute approximate surface area is 162 Å². The Hall–Kier alpha value is -2.59. The molecule has 0 amide bonds. The highest BCUT2D eigenvalue weighted by atomic mass is 19.3. The second kappa shape index (κ2) is 8.61. The van der Waals surface area contributed by atoms with Crippen LogP contribution in [0.4, 0.5) is 31.9 Å². The Morgan fingerprint density at radius 2 is 1.86 bits per heavy atom. The van der Waals surface area contributed by atoms with Gasteiger partial charge in [0.2, 0.25) is 0 Å². The molecule has 3 rings (SSSR count). The Morgan fingerprint density at radius 1 is 1.14 bits per heavy atom. The number of nitrogens with zero attached hydrogens (tertiary/aromatic N) is 4. The molecule has 0 aromatic carbocycles. The van der Waals surface area contributed by atoms with Crippen molar-refractivity contribution in [1.82, 2.24) is 20.3 Å². The fraction of sp³-hybridized carbons (Fsp3) is 0.500. The average molecular weight is 393 g/mol. The summed E-state index contributed by atoms with van der Waals surface area (Å²) in [6.45, 7) is 7.23. The minimum atomic E-state index is -2.66. The molecule has 3 heterocycles. The molecule has 1 fully saturated rings. The molecule has 0 bridgehead atoms. The van der Waals surface area contributed by atoms with Crippen molar-refractivity contribution in [2.24, 2.45) is 0 Å². The molecule has 0 radical (unpaired) electrons. The monoisotopic (exact) mass is 393 g/mol. The standard InChI is InChI=1S/C18H25F2N7O/c1-18(2,28)11-24-14-7-12(27-5-3-21-4-6-27)8-15(25-14)26-16-10-22-13(9-23-16)17(19)20/h7-10,17,21,28H,3-6,11H2,1-2H3,(H2,23,24,25,26). The Kier molecular flexibility index (Phi) is 6.20. The van der Waals surface area contributed by atoms with Crippen LogP contribution in [0.2, 0.25) is 0 Å². The molecule has 0 atom stereocenters. The maximum Gasteiger partial charge on any atom is 0.281 e. The molecule has 152 valence electrons. The van der Waals surface area contributed by atoms with Crippen molar-refractivity contribution in [3.8, 4) is 0 Å². The quantitative estimate of drug-likeness (QED) is 0.568. The fourth-order valence-corrected chi connectivity index (χ4v) is 2.73. The Morgan fingerprint density at radius 3 is 2.46 bits per heavy atom. The van der Waals surface area contributed by atoms with Crippen molar-refractivity contribution in [2.45, 2.75) is 25.9 Å². The first-order chi connectivity index (χ1) is 13.3. The van der Waals surface area contributed by atoms with Gasteiger partial charge in [-0.3, -0.25) is 0 Å². The van der Waals surface area contributed by atoms with Crippen molar-refractivity contribution < 1.29 is 13.9 Å². The molecule has 2 aromatic heterocycles. The highest BCUT2D eigenvalue weighted by Gasteiger charge is 2.16. The van der Waals surface area contributed by atoms with Crippen LogP contribution < -0.4 is 20.9 Å². The minimum Gasteiger partial charge on any atom is -0.389 e. The number of rotatable bonds is 7. The first-order valence-electron chi connectivity index (χ1n) is 9.11. The van der Waals surface area contributed by atoms with Gasteiger partial charge in [-0.2, -0.15) is 0 Å². The van der Waals surface area contributed by atoms with E-state index in [1.807, 2.05) is 12.1 Å². The van der Waals surface area contributed by atoms with Gasteiger partial charge in [-0.05, 0) is 13.8 Å². The summed E-state index contributed by atoms with van der Waals surface area (Å²) in [6, 6.07) is 3.80. The first-order valence-corrected chi connectivity index (χ1v) is 9.11. The molecule has 10 heteroatoms. The lowest BCUT2D eigenvalue weighted by Gasteiger charge is -2.30. The maximum absolute atomic E-state index is 12.6. The van der Waals surface area contributed by atoms with Crippen LogP contribution in [0.5, 0.6) is 0 Å². The van der Waals surface area contributed by atoms with Gasteiger partial charge >= 0.3 is 0 Å². The summed E-state index contributed by atoms with van der Waals surface area (Å²) in [7, 11) is 0. The second-order valence-corrected chi connectivity index (χ2v) is 7.25. The van der Waals surface area contributed by atoms with Crippen LogP contribution in [0, 0.1) is 0 Å². The van der Waals surface area contributed by atoms with Crippen molar-refractivity contribution in [2.75, 3.05) is 48.3 Å². The molecule has 1 saturated heterocycles. The number of alkyl halides is 2. The summed E-state index contributed by atoms with van der Waals surface area (Å²) in [5.41, 5.74) is -0.299. The first kappa shape index (κ1) is 20.2. The predicted molar refractivity (Wildman–Crippen MR) is 104 cm³/mol. The van der Waals surface area contributed by atoms with E-state index in [1.54, 1.807) is 13.8 Å². The smallest absolute Gasteiger partial charge is 0.281 e. The molecular weight excluding hydrogens is 368 g/mol. The molecule has 28 heavy (non-hydrogen) atoms. The van der Waals surface area contributed by atoms with Crippen molar-refractivity contribution >= 4 is 23.1 Å². The van der Waals surface area contributed by atoms with Crippen LogP contribution in [-0.2, 0) is 0 Å². The van der Waals surface area contributed by atoms with Gasteiger partial charge in [-0.15, -0.1) is 0 Å². The van der Waals surface area contributed by atoms with Crippen molar-refractivity contribution in [1.29, 1.82) is 0 Å². The molecule has 1 aliphatic heterocycles. The molecular formula is C18H25F2N7O. The highest BCUT2D eigenvalue weighted by Crippen LogP contribution is 2.25. The third kappa shape index (κ3) is 5.70. The van der Waals surface area contributed by atoms with Crippen molar-refractivity contribution in [3.05, 3.63) is 30.2 Å². The Balaban J connectivity index is 1.83. The van der Waals surface area contributed by atoms with E-state index in [0.717, 1.165) is 38.1 Å². The third-order valence-corrected chi connectivity index (χ3v) is 4.15. The number of aliphatic hydroxyl groups is 1. The SMILES string of the molecule is CC(C)(O)CNc1cc(N2CCNCC2)cc(Nc2cnc(C(F)F)cn2)n1. The number of aromatic nitrogens is 3. The van der Waals surface area contributed by atoms with Gasteiger partial charge in [0, 0.05) is 50.5 Å². The lowest BCUT2D eigenvalue weighted by molar-refractivity contribution is 0.0944. The molecule has 8 nitrogen and oxygen atoms in total. The molecule has 0 saturated carbocycles. The van der Waals surface area contributed by atoms with Gasteiger partial charge in [-0.25, -0.2) is 23.7 Å². The number of nitrogens with one attached hydrogen (secondary N) is 3. The van der Waals surface area contributed by atoms with Crippen LogP contribution in [0.15, 0.2) is 24.5 Å². The van der Waals surface area contributed by atoms with E-state index in [1.165, 1.54) is 6.20 Å². The molecule has 1 aliphatic rings. The molecule has 0 unspecified atom stereocenters. The lowest BCUT2D eigenvalue weighted by Crippen LogP contribution is -2.43. The minimum absolute atomic E-state index is 0.322. The van der Waals surface area contributed by atoms with E-state index in [-0.39, 0.29) is 5.69 Å². The summed E-state index contributed by atoms with van der Waals surface area (Å²) in [5, 5.41) is 19.4. The number of piperazine rings is 1. The average Bonchev–Trinajstić information content (AvgIpc) is 2.67. The van der Waals surface area contributed by atoms with Crippen LogP contribution in [0.3, 0.4) is 0 Å². The summed E-state index contributed by atoms with van der Waals surface area (Å²) in [6.07, 6.45) is -0.362. The summed E-state index contributed by atoms with van der Waals surface area (Å²) >= 11 is 0. The number of halogens is 2.